The minimum atomic E-state index is 0.320. The summed E-state index contributed by atoms with van der Waals surface area (Å²) in [4.78, 5) is 16.8. The van der Waals surface area contributed by atoms with Gasteiger partial charge in [0.05, 0.1) is 0 Å². The van der Waals surface area contributed by atoms with E-state index in [1.807, 2.05) is 4.90 Å². The Hall–Kier alpha value is -1.35. The average molecular weight is 272 g/mol. The van der Waals surface area contributed by atoms with Crippen LogP contribution in [0.25, 0.3) is 0 Å². The van der Waals surface area contributed by atoms with Gasteiger partial charge in [-0.2, -0.15) is 0 Å². The van der Waals surface area contributed by atoms with Crippen LogP contribution in [-0.2, 0) is 17.9 Å². The fourth-order valence-corrected chi connectivity index (χ4v) is 3.47. The highest BCUT2D eigenvalue weighted by atomic mass is 16.2. The number of hydrogen-bond donors (Lipinski definition) is 0. The molecule has 0 saturated carbocycles. The average Bonchev–Trinajstić information content (AvgIpc) is 2.90. The van der Waals surface area contributed by atoms with Crippen molar-refractivity contribution in [1.29, 1.82) is 0 Å². The van der Waals surface area contributed by atoms with Crippen LogP contribution in [-0.4, -0.2) is 35.3 Å². The van der Waals surface area contributed by atoms with Crippen molar-refractivity contribution in [1.82, 2.24) is 9.80 Å². The van der Waals surface area contributed by atoms with Crippen molar-refractivity contribution >= 4 is 5.91 Å². The molecule has 2 heterocycles. The van der Waals surface area contributed by atoms with Crippen molar-refractivity contribution in [3.05, 3.63) is 35.4 Å². The molecule has 0 N–H and O–H groups in total. The molecule has 0 aliphatic carbocycles. The number of nitrogens with zero attached hydrogens (tertiary/aromatic N) is 2. The largest absolute Gasteiger partial charge is 0.334 e. The second-order valence-electron chi connectivity index (χ2n) is 6.19. The molecule has 0 aromatic heterocycles. The molecule has 3 heteroatoms. The van der Waals surface area contributed by atoms with E-state index in [9.17, 15) is 4.79 Å². The first-order chi connectivity index (χ1) is 9.74. The molecule has 3 rings (SSSR count). The second kappa shape index (κ2) is 5.96. The monoisotopic (exact) mass is 272 g/mol. The van der Waals surface area contributed by atoms with Crippen molar-refractivity contribution in [2.75, 3.05) is 13.6 Å². The molecule has 0 unspecified atom stereocenters. The molecule has 20 heavy (non-hydrogen) atoms. The summed E-state index contributed by atoms with van der Waals surface area (Å²) in [6.45, 7) is 2.79. The molecule has 1 aromatic carbocycles. The Morgan fingerprint density at radius 2 is 1.90 bits per heavy atom. The molecule has 1 saturated heterocycles. The SMILES string of the molecule is CN1CCCC[C@@H]1CCC(=O)N1Cc2ccccc2C1. The Bertz CT molecular complexity index is 461. The van der Waals surface area contributed by atoms with E-state index in [2.05, 4.69) is 36.2 Å². The number of piperidine rings is 1. The predicted octanol–water partition coefficient (Wildman–Crippen LogP) is 2.79. The highest BCUT2D eigenvalue weighted by molar-refractivity contribution is 5.77. The van der Waals surface area contributed by atoms with Crippen LogP contribution >= 0.6 is 0 Å². The van der Waals surface area contributed by atoms with Gasteiger partial charge in [0.25, 0.3) is 0 Å². The summed E-state index contributed by atoms with van der Waals surface area (Å²) in [5.74, 6) is 0.320. The van der Waals surface area contributed by atoms with E-state index in [0.29, 0.717) is 18.4 Å². The first-order valence-corrected chi connectivity index (χ1v) is 7.79. The number of benzene rings is 1. The lowest BCUT2D eigenvalue weighted by Crippen LogP contribution is -2.37. The number of carbonyl (C=O) groups excluding carboxylic acids is 1. The summed E-state index contributed by atoms with van der Waals surface area (Å²) < 4.78 is 0. The molecule has 2 aliphatic heterocycles. The van der Waals surface area contributed by atoms with E-state index in [1.54, 1.807) is 0 Å². The van der Waals surface area contributed by atoms with Crippen LogP contribution in [0, 0.1) is 0 Å². The molecular weight excluding hydrogens is 248 g/mol. The third-order valence-electron chi connectivity index (χ3n) is 4.81. The second-order valence-corrected chi connectivity index (χ2v) is 6.19. The maximum atomic E-state index is 12.4. The fourth-order valence-electron chi connectivity index (χ4n) is 3.47. The van der Waals surface area contributed by atoms with E-state index in [0.717, 1.165) is 19.5 Å². The highest BCUT2D eigenvalue weighted by Gasteiger charge is 2.25. The zero-order valence-corrected chi connectivity index (χ0v) is 12.3. The van der Waals surface area contributed by atoms with Crippen LogP contribution < -0.4 is 0 Å². The van der Waals surface area contributed by atoms with Crippen LogP contribution in [0.5, 0.6) is 0 Å². The molecule has 3 nitrogen and oxygen atoms in total. The Morgan fingerprint density at radius 3 is 2.55 bits per heavy atom. The van der Waals surface area contributed by atoms with Gasteiger partial charge in [-0.05, 0) is 44.0 Å². The zero-order chi connectivity index (χ0) is 13.9. The molecule has 2 aliphatic rings. The Labute approximate surface area is 121 Å². The van der Waals surface area contributed by atoms with Gasteiger partial charge in [-0.15, -0.1) is 0 Å². The molecule has 1 aromatic rings. The lowest BCUT2D eigenvalue weighted by molar-refractivity contribution is -0.132. The van der Waals surface area contributed by atoms with Gasteiger partial charge >= 0.3 is 0 Å². The Morgan fingerprint density at radius 1 is 1.20 bits per heavy atom. The van der Waals surface area contributed by atoms with Crippen LogP contribution in [0.15, 0.2) is 24.3 Å². The third-order valence-corrected chi connectivity index (χ3v) is 4.81. The van der Waals surface area contributed by atoms with Crippen molar-refractivity contribution in [2.24, 2.45) is 0 Å². The molecule has 1 fully saturated rings. The van der Waals surface area contributed by atoms with Gasteiger partial charge < -0.3 is 9.80 Å². The van der Waals surface area contributed by atoms with Gasteiger partial charge in [0.2, 0.25) is 5.91 Å². The van der Waals surface area contributed by atoms with Gasteiger partial charge in [-0.1, -0.05) is 30.7 Å². The zero-order valence-electron chi connectivity index (χ0n) is 12.3. The first-order valence-electron chi connectivity index (χ1n) is 7.79. The van der Waals surface area contributed by atoms with Crippen LogP contribution in [0.4, 0.5) is 0 Å². The summed E-state index contributed by atoms with van der Waals surface area (Å²) >= 11 is 0. The molecule has 1 amide bonds. The molecule has 108 valence electrons. The van der Waals surface area contributed by atoms with Crippen LogP contribution in [0.2, 0.25) is 0 Å². The van der Waals surface area contributed by atoms with Crippen molar-refractivity contribution in [2.45, 2.75) is 51.2 Å². The molecule has 0 radical (unpaired) electrons. The topological polar surface area (TPSA) is 23.6 Å². The Kier molecular flexibility index (Phi) is 4.06. The minimum Gasteiger partial charge on any atom is -0.334 e. The number of rotatable bonds is 3. The van der Waals surface area contributed by atoms with Gasteiger partial charge in [0.1, 0.15) is 0 Å². The minimum absolute atomic E-state index is 0.320. The van der Waals surface area contributed by atoms with E-state index < -0.39 is 0 Å². The summed E-state index contributed by atoms with van der Waals surface area (Å²) in [5, 5.41) is 0. The van der Waals surface area contributed by atoms with E-state index in [1.165, 1.54) is 36.9 Å². The lowest BCUT2D eigenvalue weighted by Gasteiger charge is -2.32. The van der Waals surface area contributed by atoms with E-state index >= 15 is 0 Å². The van der Waals surface area contributed by atoms with Gasteiger partial charge in [0.15, 0.2) is 0 Å². The van der Waals surface area contributed by atoms with E-state index in [-0.39, 0.29) is 0 Å². The van der Waals surface area contributed by atoms with Gasteiger partial charge in [-0.3, -0.25) is 4.79 Å². The highest BCUT2D eigenvalue weighted by Crippen LogP contribution is 2.24. The number of carbonyl (C=O) groups is 1. The van der Waals surface area contributed by atoms with Crippen molar-refractivity contribution < 1.29 is 4.79 Å². The standard InChI is InChI=1S/C17H24N2O/c1-18-11-5-4-8-16(18)9-10-17(20)19-12-14-6-2-3-7-15(14)13-19/h2-3,6-7,16H,4-5,8-13H2,1H3/t16-/m1/s1. The molecule has 0 spiro atoms. The quantitative estimate of drug-likeness (QED) is 0.844. The fraction of sp³-hybridized carbons (Fsp3) is 0.588. The summed E-state index contributed by atoms with van der Waals surface area (Å²) in [6.07, 6.45) is 5.59. The molecule has 1 atom stereocenters. The summed E-state index contributed by atoms with van der Waals surface area (Å²) in [5.41, 5.74) is 2.63. The van der Waals surface area contributed by atoms with Crippen LogP contribution in [0.1, 0.15) is 43.2 Å². The number of fused-ring (bicyclic) bond motifs is 1. The number of hydrogen-bond acceptors (Lipinski definition) is 2. The smallest absolute Gasteiger partial charge is 0.223 e. The normalized spacial score (nSPS) is 22.9. The number of likely N-dealkylation sites (tertiary alicyclic amines) is 1. The predicted molar refractivity (Wildman–Crippen MR) is 80.2 cm³/mol. The van der Waals surface area contributed by atoms with Crippen molar-refractivity contribution in [3.8, 4) is 0 Å². The third kappa shape index (κ3) is 2.88. The maximum absolute atomic E-state index is 12.4. The molecular formula is C17H24N2O. The maximum Gasteiger partial charge on any atom is 0.223 e. The summed E-state index contributed by atoms with van der Waals surface area (Å²) in [7, 11) is 2.19. The van der Waals surface area contributed by atoms with Gasteiger partial charge in [0, 0.05) is 25.6 Å². The molecule has 0 bridgehead atoms. The number of amides is 1. The van der Waals surface area contributed by atoms with E-state index in [4.69, 9.17) is 0 Å². The Balaban J connectivity index is 1.51. The van der Waals surface area contributed by atoms with Gasteiger partial charge in [-0.25, -0.2) is 0 Å². The first kappa shape index (κ1) is 13.6. The summed E-state index contributed by atoms with van der Waals surface area (Å²) in [6, 6.07) is 9.00. The lowest BCUT2D eigenvalue weighted by atomic mass is 9.98. The van der Waals surface area contributed by atoms with Crippen molar-refractivity contribution in [3.63, 3.8) is 0 Å². The van der Waals surface area contributed by atoms with Crippen LogP contribution in [0.3, 0.4) is 0 Å².